The average molecular weight is 404 g/mol. The quantitative estimate of drug-likeness (QED) is 0.599. The Morgan fingerprint density at radius 3 is 2.24 bits per heavy atom. The SMILES string of the molecule is CCN(Cc1ccccc1)C(=O)CN=C(N)N1CCN(C(=O)OC(C)(C)C)CC1. The van der Waals surface area contributed by atoms with Crippen LogP contribution in [0, 0.1) is 0 Å². The van der Waals surface area contributed by atoms with E-state index >= 15 is 0 Å². The molecule has 0 saturated carbocycles. The molecule has 160 valence electrons. The van der Waals surface area contributed by atoms with Gasteiger partial charge < -0.3 is 25.2 Å². The highest BCUT2D eigenvalue weighted by atomic mass is 16.6. The average Bonchev–Trinajstić information content (AvgIpc) is 2.69. The Labute approximate surface area is 173 Å². The first-order valence-corrected chi connectivity index (χ1v) is 10.0. The third-order valence-electron chi connectivity index (χ3n) is 4.58. The maximum Gasteiger partial charge on any atom is 0.410 e. The molecule has 1 heterocycles. The van der Waals surface area contributed by atoms with Crippen LogP contribution in [0.2, 0.25) is 0 Å². The minimum absolute atomic E-state index is 0.0127. The fourth-order valence-electron chi connectivity index (χ4n) is 2.97. The molecule has 2 N–H and O–H groups in total. The number of rotatable bonds is 5. The summed E-state index contributed by atoms with van der Waals surface area (Å²) < 4.78 is 5.40. The van der Waals surface area contributed by atoms with Gasteiger partial charge in [0.05, 0.1) is 0 Å². The number of hydrogen-bond acceptors (Lipinski definition) is 4. The first-order valence-electron chi connectivity index (χ1n) is 10.0. The van der Waals surface area contributed by atoms with E-state index in [9.17, 15) is 9.59 Å². The van der Waals surface area contributed by atoms with Crippen molar-refractivity contribution >= 4 is 18.0 Å². The molecule has 0 aromatic heterocycles. The van der Waals surface area contributed by atoms with E-state index in [0.717, 1.165) is 5.56 Å². The van der Waals surface area contributed by atoms with Crippen molar-refractivity contribution in [2.24, 2.45) is 10.7 Å². The minimum atomic E-state index is -0.514. The molecule has 1 fully saturated rings. The second kappa shape index (κ2) is 10.1. The molecule has 29 heavy (non-hydrogen) atoms. The lowest BCUT2D eigenvalue weighted by atomic mass is 10.2. The van der Waals surface area contributed by atoms with E-state index in [1.165, 1.54) is 0 Å². The van der Waals surface area contributed by atoms with Gasteiger partial charge in [0.15, 0.2) is 5.96 Å². The van der Waals surface area contributed by atoms with Gasteiger partial charge in [0.2, 0.25) is 5.91 Å². The second-order valence-electron chi connectivity index (χ2n) is 8.02. The summed E-state index contributed by atoms with van der Waals surface area (Å²) in [6.45, 7) is 10.8. The zero-order valence-corrected chi connectivity index (χ0v) is 17.9. The van der Waals surface area contributed by atoms with Crippen LogP contribution in [0.5, 0.6) is 0 Å². The number of guanidine groups is 1. The molecule has 0 bridgehead atoms. The van der Waals surface area contributed by atoms with Gasteiger partial charge in [-0.25, -0.2) is 9.79 Å². The van der Waals surface area contributed by atoms with Crippen LogP contribution >= 0.6 is 0 Å². The van der Waals surface area contributed by atoms with E-state index in [0.29, 0.717) is 45.2 Å². The largest absolute Gasteiger partial charge is 0.444 e. The summed E-state index contributed by atoms with van der Waals surface area (Å²) in [5, 5.41) is 0. The van der Waals surface area contributed by atoms with Gasteiger partial charge in [-0.1, -0.05) is 30.3 Å². The van der Waals surface area contributed by atoms with Crippen molar-refractivity contribution in [3.8, 4) is 0 Å². The number of carbonyl (C=O) groups excluding carboxylic acids is 2. The number of benzene rings is 1. The van der Waals surface area contributed by atoms with Crippen LogP contribution in [0.3, 0.4) is 0 Å². The molecule has 2 rings (SSSR count). The van der Waals surface area contributed by atoms with Gasteiger partial charge in [-0.15, -0.1) is 0 Å². The second-order valence-corrected chi connectivity index (χ2v) is 8.02. The Morgan fingerprint density at radius 1 is 1.10 bits per heavy atom. The number of piperazine rings is 1. The lowest BCUT2D eigenvalue weighted by Crippen LogP contribution is -2.53. The summed E-state index contributed by atoms with van der Waals surface area (Å²) >= 11 is 0. The standard InChI is InChI=1S/C21H33N5O3/c1-5-24(16-17-9-7-6-8-10-17)18(27)15-23-19(22)25-11-13-26(14-12-25)20(28)29-21(2,3)4/h6-10H,5,11-16H2,1-4H3,(H2,22,23). The zero-order chi connectivity index (χ0) is 21.4. The fourth-order valence-corrected chi connectivity index (χ4v) is 2.97. The number of aliphatic imine (C=N–C) groups is 1. The molecule has 1 saturated heterocycles. The fraction of sp³-hybridized carbons (Fsp3) is 0.571. The first-order chi connectivity index (χ1) is 13.7. The molecule has 0 radical (unpaired) electrons. The molecule has 1 aromatic carbocycles. The van der Waals surface area contributed by atoms with Gasteiger partial charge >= 0.3 is 6.09 Å². The molecule has 1 aliphatic rings. The molecular weight excluding hydrogens is 370 g/mol. The van der Waals surface area contributed by atoms with E-state index in [1.807, 2.05) is 62.9 Å². The third kappa shape index (κ3) is 7.29. The number of nitrogens with zero attached hydrogens (tertiary/aromatic N) is 4. The van der Waals surface area contributed by atoms with Gasteiger partial charge in [-0.2, -0.15) is 0 Å². The van der Waals surface area contributed by atoms with Gasteiger partial charge in [0.25, 0.3) is 0 Å². The van der Waals surface area contributed by atoms with Crippen LogP contribution in [-0.2, 0) is 16.1 Å². The number of ether oxygens (including phenoxy) is 1. The monoisotopic (exact) mass is 403 g/mol. The first kappa shape index (κ1) is 22.5. The lowest BCUT2D eigenvalue weighted by molar-refractivity contribution is -0.130. The summed E-state index contributed by atoms with van der Waals surface area (Å²) in [5.74, 6) is 0.268. The summed E-state index contributed by atoms with van der Waals surface area (Å²) in [6.07, 6.45) is -0.317. The Morgan fingerprint density at radius 2 is 1.69 bits per heavy atom. The predicted octanol–water partition coefficient (Wildman–Crippen LogP) is 1.90. The van der Waals surface area contributed by atoms with Crippen LogP contribution in [-0.4, -0.2) is 77.5 Å². The lowest BCUT2D eigenvalue weighted by Gasteiger charge is -2.36. The highest BCUT2D eigenvalue weighted by Gasteiger charge is 2.26. The Hall–Kier alpha value is -2.77. The van der Waals surface area contributed by atoms with Crippen molar-refractivity contribution in [2.45, 2.75) is 39.8 Å². The van der Waals surface area contributed by atoms with Crippen molar-refractivity contribution in [2.75, 3.05) is 39.3 Å². The molecule has 0 atom stereocenters. The van der Waals surface area contributed by atoms with Gasteiger partial charge in [-0.05, 0) is 33.3 Å². The Bertz CT molecular complexity index is 707. The van der Waals surface area contributed by atoms with Crippen molar-refractivity contribution in [1.29, 1.82) is 0 Å². The minimum Gasteiger partial charge on any atom is -0.444 e. The number of carbonyl (C=O) groups is 2. The predicted molar refractivity (Wildman–Crippen MR) is 113 cm³/mol. The van der Waals surface area contributed by atoms with E-state index in [2.05, 4.69) is 4.99 Å². The molecule has 1 aromatic rings. The van der Waals surface area contributed by atoms with Crippen molar-refractivity contribution < 1.29 is 14.3 Å². The molecule has 2 amide bonds. The molecular formula is C21H33N5O3. The number of hydrogen-bond donors (Lipinski definition) is 1. The van der Waals surface area contributed by atoms with Gasteiger partial charge in [0, 0.05) is 39.3 Å². The number of nitrogens with two attached hydrogens (primary N) is 1. The summed E-state index contributed by atoms with van der Waals surface area (Å²) in [4.78, 5) is 34.2. The maximum atomic E-state index is 12.5. The zero-order valence-electron chi connectivity index (χ0n) is 17.9. The molecule has 8 nitrogen and oxygen atoms in total. The summed E-state index contributed by atoms with van der Waals surface area (Å²) in [7, 11) is 0. The highest BCUT2D eigenvalue weighted by Crippen LogP contribution is 2.12. The van der Waals surface area contributed by atoms with Crippen molar-refractivity contribution in [1.82, 2.24) is 14.7 Å². The van der Waals surface area contributed by atoms with Crippen LogP contribution in [0.4, 0.5) is 4.79 Å². The van der Waals surface area contributed by atoms with Crippen molar-refractivity contribution in [3.05, 3.63) is 35.9 Å². The topological polar surface area (TPSA) is 91.5 Å². The molecule has 0 aliphatic carbocycles. The summed E-state index contributed by atoms with van der Waals surface area (Å²) in [5.41, 5.74) is 6.65. The summed E-state index contributed by atoms with van der Waals surface area (Å²) in [6, 6.07) is 9.87. The van der Waals surface area contributed by atoms with Crippen LogP contribution < -0.4 is 5.73 Å². The van der Waals surface area contributed by atoms with E-state index in [-0.39, 0.29) is 18.5 Å². The Kier molecular flexibility index (Phi) is 7.87. The normalized spacial score (nSPS) is 15.2. The van der Waals surface area contributed by atoms with Gasteiger partial charge in [0.1, 0.15) is 12.1 Å². The number of amides is 2. The van der Waals surface area contributed by atoms with Gasteiger partial charge in [-0.3, -0.25) is 4.79 Å². The Balaban J connectivity index is 1.83. The van der Waals surface area contributed by atoms with Crippen LogP contribution in [0.1, 0.15) is 33.3 Å². The van der Waals surface area contributed by atoms with Crippen LogP contribution in [0.15, 0.2) is 35.3 Å². The van der Waals surface area contributed by atoms with E-state index < -0.39 is 5.60 Å². The molecule has 0 spiro atoms. The maximum absolute atomic E-state index is 12.5. The molecule has 8 heteroatoms. The third-order valence-corrected chi connectivity index (χ3v) is 4.58. The van der Waals surface area contributed by atoms with Crippen LogP contribution in [0.25, 0.3) is 0 Å². The molecule has 0 unspecified atom stereocenters. The highest BCUT2D eigenvalue weighted by molar-refractivity contribution is 5.84. The number of likely N-dealkylation sites (N-methyl/N-ethyl adjacent to an activating group) is 1. The van der Waals surface area contributed by atoms with Crippen molar-refractivity contribution in [3.63, 3.8) is 0 Å². The van der Waals surface area contributed by atoms with E-state index in [4.69, 9.17) is 10.5 Å². The molecule has 1 aliphatic heterocycles. The van der Waals surface area contributed by atoms with E-state index in [1.54, 1.807) is 9.80 Å². The smallest absolute Gasteiger partial charge is 0.410 e.